The first-order valence-electron chi connectivity index (χ1n) is 5.69. The number of sulfone groups is 1. The van der Waals surface area contributed by atoms with Gasteiger partial charge in [-0.2, -0.15) is 0 Å². The van der Waals surface area contributed by atoms with E-state index in [1.807, 2.05) is 6.92 Å². The Hall–Kier alpha value is -1.01. The van der Waals surface area contributed by atoms with Crippen molar-refractivity contribution < 1.29 is 8.42 Å². The number of nitrogens with zero attached hydrogens (tertiary/aromatic N) is 2. The number of aryl methyl sites for hydroxylation is 1. The second-order valence-corrected chi connectivity index (χ2v) is 6.54. The first-order valence-corrected chi connectivity index (χ1v) is 7.51. The van der Waals surface area contributed by atoms with E-state index in [4.69, 9.17) is 5.73 Å². The highest BCUT2D eigenvalue weighted by Crippen LogP contribution is 2.13. The van der Waals surface area contributed by atoms with Gasteiger partial charge < -0.3 is 5.73 Å². The van der Waals surface area contributed by atoms with Gasteiger partial charge >= 0.3 is 0 Å². The zero-order valence-corrected chi connectivity index (χ0v) is 11.1. The van der Waals surface area contributed by atoms with Gasteiger partial charge in [0.25, 0.3) is 0 Å². The van der Waals surface area contributed by atoms with Gasteiger partial charge in [-0.15, -0.1) is 0 Å². The van der Waals surface area contributed by atoms with Crippen LogP contribution in [0.3, 0.4) is 0 Å². The van der Waals surface area contributed by atoms with Crippen molar-refractivity contribution in [2.24, 2.45) is 5.73 Å². The van der Waals surface area contributed by atoms with E-state index in [2.05, 4.69) is 9.97 Å². The Balaban J connectivity index is 2.45. The largest absolute Gasteiger partial charge is 0.323 e. The summed E-state index contributed by atoms with van der Waals surface area (Å²) >= 11 is 0. The van der Waals surface area contributed by atoms with Gasteiger partial charge in [-0.05, 0) is 19.8 Å². The molecular weight excluding hydrogens is 238 g/mol. The molecule has 0 aliphatic carbocycles. The molecule has 0 aromatic carbocycles. The van der Waals surface area contributed by atoms with Gasteiger partial charge in [0.1, 0.15) is 9.84 Å². The minimum atomic E-state index is -2.90. The second kappa shape index (κ2) is 6.07. The first kappa shape index (κ1) is 14.1. The van der Waals surface area contributed by atoms with Crippen molar-refractivity contribution in [2.45, 2.75) is 32.7 Å². The zero-order chi connectivity index (χ0) is 12.9. The molecule has 0 amide bonds. The molecule has 1 unspecified atom stereocenters. The van der Waals surface area contributed by atoms with Gasteiger partial charge in [0.15, 0.2) is 0 Å². The number of rotatable bonds is 6. The van der Waals surface area contributed by atoms with E-state index in [1.54, 1.807) is 19.3 Å². The van der Waals surface area contributed by atoms with Crippen molar-refractivity contribution in [3.05, 3.63) is 23.8 Å². The summed E-state index contributed by atoms with van der Waals surface area (Å²) in [6.45, 7) is 3.51. The molecule has 1 aromatic rings. The molecule has 0 radical (unpaired) electrons. The van der Waals surface area contributed by atoms with E-state index >= 15 is 0 Å². The Morgan fingerprint density at radius 2 is 2.06 bits per heavy atom. The molecule has 96 valence electrons. The molecule has 17 heavy (non-hydrogen) atoms. The Morgan fingerprint density at radius 3 is 2.59 bits per heavy atom. The third-order valence-electron chi connectivity index (χ3n) is 2.59. The maximum absolute atomic E-state index is 11.3. The SMILES string of the molecule is CCS(=O)(=O)CCCC(N)c1cnc(C)cn1. The topological polar surface area (TPSA) is 85.9 Å². The second-order valence-electron chi connectivity index (χ2n) is 4.07. The van der Waals surface area contributed by atoms with Crippen LogP contribution in [0.4, 0.5) is 0 Å². The Morgan fingerprint density at radius 1 is 1.35 bits per heavy atom. The third-order valence-corrected chi connectivity index (χ3v) is 4.38. The van der Waals surface area contributed by atoms with Crippen LogP contribution in [0.25, 0.3) is 0 Å². The summed E-state index contributed by atoms with van der Waals surface area (Å²) in [6.07, 6.45) is 4.48. The molecule has 1 heterocycles. The fourth-order valence-corrected chi connectivity index (χ4v) is 2.30. The average molecular weight is 257 g/mol. The lowest BCUT2D eigenvalue weighted by Crippen LogP contribution is -2.15. The van der Waals surface area contributed by atoms with E-state index in [1.165, 1.54) is 0 Å². The van der Waals surface area contributed by atoms with Crippen molar-refractivity contribution >= 4 is 9.84 Å². The summed E-state index contributed by atoms with van der Waals surface area (Å²) in [5, 5.41) is 0. The van der Waals surface area contributed by atoms with E-state index in [-0.39, 0.29) is 17.5 Å². The smallest absolute Gasteiger partial charge is 0.150 e. The molecule has 5 nitrogen and oxygen atoms in total. The average Bonchev–Trinajstić information content (AvgIpc) is 2.29. The molecule has 2 N–H and O–H groups in total. The molecular formula is C11H19N3O2S. The van der Waals surface area contributed by atoms with Crippen LogP contribution in [0.1, 0.15) is 37.2 Å². The highest BCUT2D eigenvalue weighted by atomic mass is 32.2. The van der Waals surface area contributed by atoms with Gasteiger partial charge in [-0.3, -0.25) is 9.97 Å². The summed E-state index contributed by atoms with van der Waals surface area (Å²) in [7, 11) is -2.90. The molecule has 0 fully saturated rings. The molecule has 1 aromatic heterocycles. The van der Waals surface area contributed by atoms with Crippen LogP contribution in [0.2, 0.25) is 0 Å². The maximum atomic E-state index is 11.3. The van der Waals surface area contributed by atoms with Crippen molar-refractivity contribution in [1.82, 2.24) is 9.97 Å². The Bertz CT molecular complexity index is 442. The van der Waals surface area contributed by atoms with Gasteiger partial charge in [0, 0.05) is 18.0 Å². The molecule has 0 aliphatic heterocycles. The highest BCUT2D eigenvalue weighted by Gasteiger charge is 2.11. The third kappa shape index (κ3) is 4.79. The van der Waals surface area contributed by atoms with Crippen LogP contribution >= 0.6 is 0 Å². The molecule has 1 atom stereocenters. The molecule has 0 spiro atoms. The number of nitrogens with two attached hydrogens (primary N) is 1. The van der Waals surface area contributed by atoms with Crippen molar-refractivity contribution in [3.63, 3.8) is 0 Å². The quantitative estimate of drug-likeness (QED) is 0.821. The fraction of sp³-hybridized carbons (Fsp3) is 0.636. The van der Waals surface area contributed by atoms with E-state index in [0.717, 1.165) is 5.69 Å². The lowest BCUT2D eigenvalue weighted by Gasteiger charge is -2.10. The van der Waals surface area contributed by atoms with Crippen LogP contribution < -0.4 is 5.73 Å². The number of hydrogen-bond donors (Lipinski definition) is 1. The van der Waals surface area contributed by atoms with Gasteiger partial charge in [-0.1, -0.05) is 6.92 Å². The number of aromatic nitrogens is 2. The predicted octanol–water partition coefficient (Wildman–Crippen LogP) is 1.000. The predicted molar refractivity (Wildman–Crippen MR) is 67.3 cm³/mol. The van der Waals surface area contributed by atoms with Crippen LogP contribution in [-0.2, 0) is 9.84 Å². The van der Waals surface area contributed by atoms with Crippen LogP contribution in [0, 0.1) is 6.92 Å². The minimum absolute atomic E-state index is 0.187. The van der Waals surface area contributed by atoms with Crippen LogP contribution in [0.15, 0.2) is 12.4 Å². The summed E-state index contributed by atoms with van der Waals surface area (Å²) in [5.74, 6) is 0.378. The zero-order valence-electron chi connectivity index (χ0n) is 10.3. The Kier molecular flexibility index (Phi) is 5.02. The van der Waals surface area contributed by atoms with Gasteiger partial charge in [0.05, 0.1) is 23.3 Å². The van der Waals surface area contributed by atoms with Crippen molar-refractivity contribution in [2.75, 3.05) is 11.5 Å². The van der Waals surface area contributed by atoms with Gasteiger partial charge in [0.2, 0.25) is 0 Å². The number of hydrogen-bond acceptors (Lipinski definition) is 5. The van der Waals surface area contributed by atoms with E-state index < -0.39 is 9.84 Å². The van der Waals surface area contributed by atoms with Crippen molar-refractivity contribution in [1.29, 1.82) is 0 Å². The van der Waals surface area contributed by atoms with Gasteiger partial charge in [-0.25, -0.2) is 8.42 Å². The summed E-state index contributed by atoms with van der Waals surface area (Å²) in [6, 6.07) is -0.241. The summed E-state index contributed by atoms with van der Waals surface area (Å²) < 4.78 is 22.6. The Labute approximate surface area is 102 Å². The molecule has 0 saturated carbocycles. The maximum Gasteiger partial charge on any atom is 0.150 e. The molecule has 0 saturated heterocycles. The van der Waals surface area contributed by atoms with Crippen molar-refractivity contribution in [3.8, 4) is 0 Å². The highest BCUT2D eigenvalue weighted by molar-refractivity contribution is 7.91. The van der Waals surface area contributed by atoms with Crippen LogP contribution in [-0.4, -0.2) is 29.9 Å². The molecule has 0 aliphatic rings. The minimum Gasteiger partial charge on any atom is -0.323 e. The monoisotopic (exact) mass is 257 g/mol. The standard InChI is InChI=1S/C11H19N3O2S/c1-3-17(15,16)6-4-5-10(12)11-8-13-9(2)7-14-11/h7-8,10H,3-6,12H2,1-2H3. The lowest BCUT2D eigenvalue weighted by molar-refractivity contribution is 0.580. The van der Waals surface area contributed by atoms with Crippen LogP contribution in [0.5, 0.6) is 0 Å². The van der Waals surface area contributed by atoms with E-state index in [9.17, 15) is 8.42 Å². The van der Waals surface area contributed by atoms with E-state index in [0.29, 0.717) is 18.5 Å². The summed E-state index contributed by atoms with van der Waals surface area (Å²) in [5.41, 5.74) is 7.47. The molecule has 0 bridgehead atoms. The lowest BCUT2D eigenvalue weighted by atomic mass is 10.1. The fourth-order valence-electron chi connectivity index (χ4n) is 1.41. The molecule has 6 heteroatoms. The summed E-state index contributed by atoms with van der Waals surface area (Å²) in [4.78, 5) is 8.29. The normalized spacial score (nSPS) is 13.6. The molecule has 1 rings (SSSR count). The first-order chi connectivity index (χ1) is 7.94.